The molecular formula is C27H23ClFN5O7. The average molecular weight is 584 g/mol. The number of carboxylic acid groups (broad SMARTS) is 1. The molecule has 12 nitrogen and oxygen atoms in total. The Balaban J connectivity index is 1.66. The van der Waals surface area contributed by atoms with Crippen molar-refractivity contribution in [3.8, 4) is 0 Å². The van der Waals surface area contributed by atoms with Crippen LogP contribution in [0.2, 0.25) is 5.02 Å². The van der Waals surface area contributed by atoms with Crippen LogP contribution >= 0.6 is 11.6 Å². The molecule has 2 unspecified atom stereocenters. The Kier molecular flexibility index (Phi) is 8.78. The van der Waals surface area contributed by atoms with E-state index >= 15 is 0 Å². The first kappa shape index (κ1) is 29.0. The van der Waals surface area contributed by atoms with Gasteiger partial charge in [0.05, 0.1) is 17.4 Å². The Morgan fingerprint density at radius 3 is 2.37 bits per heavy atom. The Hall–Kier alpha value is -5.04. The fourth-order valence-corrected chi connectivity index (χ4v) is 4.51. The van der Waals surface area contributed by atoms with Gasteiger partial charge in [0.15, 0.2) is 6.17 Å². The lowest BCUT2D eigenvalue weighted by Gasteiger charge is -2.31. The van der Waals surface area contributed by atoms with E-state index in [0.717, 1.165) is 21.9 Å². The lowest BCUT2D eigenvalue weighted by Crippen LogP contribution is -2.55. The maximum Gasteiger partial charge on any atom is 0.323 e. The van der Waals surface area contributed by atoms with Crippen LogP contribution in [0.4, 0.5) is 20.6 Å². The third-order valence-corrected chi connectivity index (χ3v) is 6.53. The standard InChI is InChI=1S/C27H23ClFN5O7/c28-18-9-7-16(8-10-18)26(38)32-11-12-33(27(39)30-20-5-2-4-19(29)14-20)25(32)24(37)31-22(15-23(35)36)17-3-1-6-21(13-17)34(40)41/h1-10,13-14,22,25H,11-12,15H2,(H,30,39)(H,31,37)(H,35,36). The van der Waals surface area contributed by atoms with E-state index in [0.29, 0.717) is 5.02 Å². The first-order valence-corrected chi connectivity index (χ1v) is 12.6. The molecule has 212 valence electrons. The molecule has 2 atom stereocenters. The number of nitrogens with zero attached hydrogens (tertiary/aromatic N) is 3. The maximum atomic E-state index is 13.7. The maximum absolute atomic E-state index is 13.7. The number of carboxylic acids is 1. The number of nitro groups is 1. The Morgan fingerprint density at radius 2 is 1.71 bits per heavy atom. The zero-order chi connectivity index (χ0) is 29.7. The first-order chi connectivity index (χ1) is 19.5. The molecule has 3 aromatic carbocycles. The summed E-state index contributed by atoms with van der Waals surface area (Å²) in [6, 6.07) is 14.0. The third kappa shape index (κ3) is 6.94. The number of amides is 4. The number of aliphatic carboxylic acids is 1. The lowest BCUT2D eigenvalue weighted by molar-refractivity contribution is -0.384. The summed E-state index contributed by atoms with van der Waals surface area (Å²) in [6.45, 7) is -0.143. The molecule has 3 N–H and O–H groups in total. The van der Waals surface area contributed by atoms with Crippen molar-refractivity contribution in [1.82, 2.24) is 15.1 Å². The number of halogens is 2. The van der Waals surface area contributed by atoms with Gasteiger partial charge in [-0.2, -0.15) is 0 Å². The quantitative estimate of drug-likeness (QED) is 0.266. The van der Waals surface area contributed by atoms with Crippen molar-refractivity contribution in [2.45, 2.75) is 18.6 Å². The minimum absolute atomic E-state index is 0.0590. The summed E-state index contributed by atoms with van der Waals surface area (Å²) in [7, 11) is 0. The molecule has 0 bridgehead atoms. The van der Waals surface area contributed by atoms with Crippen molar-refractivity contribution in [2.24, 2.45) is 0 Å². The number of carbonyl (C=O) groups excluding carboxylic acids is 3. The van der Waals surface area contributed by atoms with Gasteiger partial charge in [0, 0.05) is 41.5 Å². The number of benzene rings is 3. The van der Waals surface area contributed by atoms with Crippen LogP contribution in [0.1, 0.15) is 28.4 Å². The highest BCUT2D eigenvalue weighted by molar-refractivity contribution is 6.30. The number of rotatable bonds is 8. The Morgan fingerprint density at radius 1 is 1.02 bits per heavy atom. The van der Waals surface area contributed by atoms with Gasteiger partial charge in [0.1, 0.15) is 5.82 Å². The molecule has 1 heterocycles. The average Bonchev–Trinajstić information content (AvgIpc) is 3.38. The van der Waals surface area contributed by atoms with E-state index in [1.54, 1.807) is 0 Å². The van der Waals surface area contributed by atoms with Crippen LogP contribution in [0, 0.1) is 15.9 Å². The highest BCUT2D eigenvalue weighted by atomic mass is 35.5. The van der Waals surface area contributed by atoms with E-state index in [1.165, 1.54) is 60.7 Å². The number of urea groups is 1. The van der Waals surface area contributed by atoms with Crippen LogP contribution < -0.4 is 10.6 Å². The summed E-state index contributed by atoms with van der Waals surface area (Å²) in [6.07, 6.45) is -2.18. The number of nitrogens with one attached hydrogen (secondary N) is 2. The molecular weight excluding hydrogens is 561 g/mol. The molecule has 1 saturated heterocycles. The van der Waals surface area contributed by atoms with Crippen LogP contribution in [0.25, 0.3) is 0 Å². The summed E-state index contributed by atoms with van der Waals surface area (Å²) >= 11 is 5.93. The molecule has 14 heteroatoms. The highest BCUT2D eigenvalue weighted by Crippen LogP contribution is 2.25. The highest BCUT2D eigenvalue weighted by Gasteiger charge is 2.44. The largest absolute Gasteiger partial charge is 0.481 e. The van der Waals surface area contributed by atoms with Gasteiger partial charge < -0.3 is 20.6 Å². The van der Waals surface area contributed by atoms with Gasteiger partial charge in [-0.05, 0) is 48.0 Å². The number of non-ortho nitro benzene ring substituents is 1. The van der Waals surface area contributed by atoms with Crippen LogP contribution in [0.15, 0.2) is 72.8 Å². The number of carbonyl (C=O) groups is 4. The van der Waals surface area contributed by atoms with Crippen LogP contribution in [0.3, 0.4) is 0 Å². The van der Waals surface area contributed by atoms with Crippen LogP contribution in [-0.2, 0) is 9.59 Å². The molecule has 0 radical (unpaired) electrons. The zero-order valence-corrected chi connectivity index (χ0v) is 22.0. The minimum atomic E-state index is -1.54. The summed E-state index contributed by atoms with van der Waals surface area (Å²) in [5, 5.41) is 26.2. The van der Waals surface area contributed by atoms with Crippen molar-refractivity contribution < 1.29 is 33.6 Å². The first-order valence-electron chi connectivity index (χ1n) is 12.2. The molecule has 1 aliphatic rings. The van der Waals surface area contributed by atoms with Crippen LogP contribution in [-0.4, -0.2) is 62.9 Å². The van der Waals surface area contributed by atoms with Gasteiger partial charge in [0.25, 0.3) is 17.5 Å². The second-order valence-electron chi connectivity index (χ2n) is 9.02. The fraction of sp³-hybridized carbons (Fsp3) is 0.185. The summed E-state index contributed by atoms with van der Waals surface area (Å²) < 4.78 is 13.7. The summed E-state index contributed by atoms with van der Waals surface area (Å²) in [4.78, 5) is 64.8. The van der Waals surface area contributed by atoms with Gasteiger partial charge in [-0.1, -0.05) is 29.8 Å². The van der Waals surface area contributed by atoms with Crippen molar-refractivity contribution in [3.05, 3.63) is 105 Å². The minimum Gasteiger partial charge on any atom is -0.481 e. The molecule has 3 aromatic rings. The Labute approximate surface area is 237 Å². The molecule has 0 aromatic heterocycles. The van der Waals surface area contributed by atoms with Crippen molar-refractivity contribution in [3.63, 3.8) is 0 Å². The molecule has 1 fully saturated rings. The second-order valence-corrected chi connectivity index (χ2v) is 9.46. The van der Waals surface area contributed by atoms with Crippen molar-refractivity contribution in [1.29, 1.82) is 0 Å². The number of anilines is 1. The number of nitro benzene ring substituents is 1. The molecule has 0 spiro atoms. The third-order valence-electron chi connectivity index (χ3n) is 6.27. The molecule has 4 amide bonds. The topological polar surface area (TPSA) is 162 Å². The normalized spacial score (nSPS) is 15.2. The van der Waals surface area contributed by atoms with Crippen LogP contribution in [0.5, 0.6) is 0 Å². The van der Waals surface area contributed by atoms with E-state index in [1.807, 2.05) is 0 Å². The zero-order valence-electron chi connectivity index (χ0n) is 21.2. The molecule has 4 rings (SSSR count). The summed E-state index contributed by atoms with van der Waals surface area (Å²) in [5.41, 5.74) is 0.111. The molecule has 0 aliphatic carbocycles. The molecule has 0 saturated carbocycles. The van der Waals surface area contributed by atoms with Gasteiger partial charge in [-0.15, -0.1) is 0 Å². The van der Waals surface area contributed by atoms with Gasteiger partial charge in [0.2, 0.25) is 0 Å². The smallest absolute Gasteiger partial charge is 0.323 e. The van der Waals surface area contributed by atoms with E-state index in [2.05, 4.69) is 10.6 Å². The van der Waals surface area contributed by atoms with E-state index in [9.17, 15) is 38.8 Å². The number of hydrogen-bond donors (Lipinski definition) is 3. The summed E-state index contributed by atoms with van der Waals surface area (Å²) in [5.74, 6) is -3.42. The van der Waals surface area contributed by atoms with Crippen molar-refractivity contribution in [2.75, 3.05) is 18.4 Å². The monoisotopic (exact) mass is 583 g/mol. The number of hydrogen-bond acceptors (Lipinski definition) is 6. The second kappa shape index (κ2) is 12.4. The molecule has 41 heavy (non-hydrogen) atoms. The van der Waals surface area contributed by atoms with E-state index < -0.39 is 53.2 Å². The van der Waals surface area contributed by atoms with Gasteiger partial charge in [-0.25, -0.2) is 9.18 Å². The van der Waals surface area contributed by atoms with Crippen molar-refractivity contribution >= 4 is 46.8 Å². The predicted molar refractivity (Wildman–Crippen MR) is 145 cm³/mol. The molecule has 1 aliphatic heterocycles. The fourth-order valence-electron chi connectivity index (χ4n) is 4.38. The van der Waals surface area contributed by atoms with E-state index in [-0.39, 0.29) is 35.6 Å². The Bertz CT molecular complexity index is 1500. The SMILES string of the molecule is O=C(O)CC(NC(=O)C1N(C(=O)Nc2cccc(F)c2)CCN1C(=O)c1ccc(Cl)cc1)c1cccc([N+](=O)[O-])c1. The predicted octanol–water partition coefficient (Wildman–Crippen LogP) is 4.04. The lowest BCUT2D eigenvalue weighted by atomic mass is 10.0. The van der Waals surface area contributed by atoms with E-state index in [4.69, 9.17) is 11.6 Å². The van der Waals surface area contributed by atoms with Gasteiger partial charge in [-0.3, -0.25) is 29.4 Å². The van der Waals surface area contributed by atoms with Gasteiger partial charge >= 0.3 is 12.0 Å².